The highest BCUT2D eigenvalue weighted by Crippen LogP contribution is 2.26. The molecule has 1 aromatic heterocycles. The summed E-state index contributed by atoms with van der Waals surface area (Å²) in [7, 11) is 0. The van der Waals surface area contributed by atoms with Gasteiger partial charge in [0.05, 0.1) is 0 Å². The van der Waals surface area contributed by atoms with Crippen molar-refractivity contribution in [1.29, 1.82) is 0 Å². The van der Waals surface area contributed by atoms with Crippen LogP contribution in [0.3, 0.4) is 0 Å². The number of benzene rings is 2. The Morgan fingerprint density at radius 1 is 1.05 bits per heavy atom. The van der Waals surface area contributed by atoms with Crippen molar-refractivity contribution in [2.45, 2.75) is 6.61 Å². The number of rotatable bonds is 5. The third-order valence-corrected chi connectivity index (χ3v) is 3.36. The highest BCUT2D eigenvalue weighted by atomic mass is 16.5. The number of aromatic nitrogens is 1. The van der Waals surface area contributed by atoms with Gasteiger partial charge in [-0.1, -0.05) is 30.3 Å². The van der Waals surface area contributed by atoms with Crippen LogP contribution in [0.15, 0.2) is 66.9 Å². The van der Waals surface area contributed by atoms with E-state index in [2.05, 4.69) is 4.98 Å². The Bertz CT molecular complexity index is 764. The van der Waals surface area contributed by atoms with Gasteiger partial charge in [-0.3, -0.25) is 0 Å². The molecule has 0 aliphatic heterocycles. The minimum atomic E-state index is -1.00. The Kier molecular flexibility index (Phi) is 3.92. The number of hydrogen-bond acceptors (Lipinski definition) is 2. The van der Waals surface area contributed by atoms with E-state index in [0.717, 1.165) is 16.8 Å². The van der Waals surface area contributed by atoms with Crippen molar-refractivity contribution in [3.05, 3.63) is 78.0 Å². The summed E-state index contributed by atoms with van der Waals surface area (Å²) in [6.07, 6.45) is 1.80. The largest absolute Gasteiger partial charge is 0.488 e. The lowest BCUT2D eigenvalue weighted by Gasteiger charge is -2.10. The van der Waals surface area contributed by atoms with Crippen LogP contribution < -0.4 is 4.74 Å². The van der Waals surface area contributed by atoms with E-state index in [4.69, 9.17) is 4.74 Å². The molecule has 0 aliphatic carbocycles. The summed E-state index contributed by atoms with van der Waals surface area (Å²) in [5.74, 6) is -0.636. The SMILES string of the molecule is O=C(O)c1cc(-c2ccc[nH]2)ccc1OCc1ccccc1. The van der Waals surface area contributed by atoms with E-state index in [1.54, 1.807) is 18.3 Å². The monoisotopic (exact) mass is 293 g/mol. The number of carbonyl (C=O) groups is 1. The molecular formula is C18H15NO3. The number of carboxylic acid groups (broad SMARTS) is 1. The van der Waals surface area contributed by atoms with Gasteiger partial charge in [-0.15, -0.1) is 0 Å². The molecule has 1 heterocycles. The van der Waals surface area contributed by atoms with Crippen molar-refractivity contribution in [3.8, 4) is 17.0 Å². The van der Waals surface area contributed by atoms with Crippen LogP contribution in [0.5, 0.6) is 5.75 Å². The van der Waals surface area contributed by atoms with E-state index in [9.17, 15) is 9.90 Å². The number of aromatic carboxylic acids is 1. The molecule has 0 bridgehead atoms. The van der Waals surface area contributed by atoms with Crippen LogP contribution in [0.25, 0.3) is 11.3 Å². The Hall–Kier alpha value is -3.01. The number of ether oxygens (including phenoxy) is 1. The molecule has 2 aromatic carbocycles. The van der Waals surface area contributed by atoms with Crippen molar-refractivity contribution < 1.29 is 14.6 Å². The van der Waals surface area contributed by atoms with Gasteiger partial charge in [-0.2, -0.15) is 0 Å². The van der Waals surface area contributed by atoms with Crippen LogP contribution in [0.4, 0.5) is 0 Å². The first-order valence-corrected chi connectivity index (χ1v) is 6.92. The molecule has 3 rings (SSSR count). The minimum Gasteiger partial charge on any atom is -0.488 e. The molecule has 0 saturated heterocycles. The van der Waals surface area contributed by atoms with Crippen molar-refractivity contribution in [2.75, 3.05) is 0 Å². The van der Waals surface area contributed by atoms with Gasteiger partial charge in [0.25, 0.3) is 0 Å². The zero-order chi connectivity index (χ0) is 15.4. The maximum Gasteiger partial charge on any atom is 0.339 e. The molecule has 0 fully saturated rings. The number of aromatic amines is 1. The van der Waals surface area contributed by atoms with Gasteiger partial charge < -0.3 is 14.8 Å². The van der Waals surface area contributed by atoms with Crippen LogP contribution in [-0.2, 0) is 6.61 Å². The third-order valence-electron chi connectivity index (χ3n) is 3.36. The minimum absolute atomic E-state index is 0.156. The van der Waals surface area contributed by atoms with Gasteiger partial charge in [0, 0.05) is 11.9 Å². The average Bonchev–Trinajstić information content (AvgIpc) is 3.08. The highest BCUT2D eigenvalue weighted by molar-refractivity contribution is 5.92. The van der Waals surface area contributed by atoms with E-state index >= 15 is 0 Å². The van der Waals surface area contributed by atoms with Crippen molar-refractivity contribution >= 4 is 5.97 Å². The molecule has 110 valence electrons. The average molecular weight is 293 g/mol. The molecule has 0 amide bonds. The number of hydrogen-bond donors (Lipinski definition) is 2. The van der Waals surface area contributed by atoms with E-state index < -0.39 is 5.97 Å². The second-order valence-corrected chi connectivity index (χ2v) is 4.87. The Labute approximate surface area is 128 Å². The summed E-state index contributed by atoms with van der Waals surface area (Å²) in [5, 5.41) is 9.39. The predicted octanol–water partition coefficient (Wildman–Crippen LogP) is 3.96. The zero-order valence-corrected chi connectivity index (χ0v) is 11.8. The van der Waals surface area contributed by atoms with Gasteiger partial charge in [-0.05, 0) is 41.5 Å². The Morgan fingerprint density at radius 3 is 2.55 bits per heavy atom. The van der Waals surface area contributed by atoms with Crippen LogP contribution >= 0.6 is 0 Å². The molecule has 0 saturated carbocycles. The van der Waals surface area contributed by atoms with Crippen LogP contribution in [0, 0.1) is 0 Å². The summed E-state index contributed by atoms with van der Waals surface area (Å²) in [5.41, 5.74) is 2.84. The molecule has 0 aliphatic rings. The quantitative estimate of drug-likeness (QED) is 0.748. The van der Waals surface area contributed by atoms with Crippen molar-refractivity contribution in [2.24, 2.45) is 0 Å². The molecule has 4 heteroatoms. The topological polar surface area (TPSA) is 62.3 Å². The smallest absolute Gasteiger partial charge is 0.339 e. The maximum absolute atomic E-state index is 11.5. The second-order valence-electron chi connectivity index (χ2n) is 4.87. The van der Waals surface area contributed by atoms with Crippen LogP contribution in [0.1, 0.15) is 15.9 Å². The van der Waals surface area contributed by atoms with E-state index in [-0.39, 0.29) is 5.56 Å². The first kappa shape index (κ1) is 13.9. The van der Waals surface area contributed by atoms with Gasteiger partial charge in [0.1, 0.15) is 17.9 Å². The predicted molar refractivity (Wildman–Crippen MR) is 84.0 cm³/mol. The molecule has 0 unspecified atom stereocenters. The zero-order valence-electron chi connectivity index (χ0n) is 11.8. The van der Waals surface area contributed by atoms with E-state index in [1.165, 1.54) is 0 Å². The van der Waals surface area contributed by atoms with Gasteiger partial charge in [-0.25, -0.2) is 4.79 Å². The lowest BCUT2D eigenvalue weighted by molar-refractivity contribution is 0.0692. The molecule has 4 nitrogen and oxygen atoms in total. The van der Waals surface area contributed by atoms with Gasteiger partial charge >= 0.3 is 5.97 Å². The summed E-state index contributed by atoms with van der Waals surface area (Å²) in [6, 6.07) is 18.6. The fourth-order valence-electron chi connectivity index (χ4n) is 2.24. The first-order valence-electron chi connectivity index (χ1n) is 6.92. The van der Waals surface area contributed by atoms with Crippen LogP contribution in [0.2, 0.25) is 0 Å². The Balaban J connectivity index is 1.86. The van der Waals surface area contributed by atoms with Gasteiger partial charge in [0.2, 0.25) is 0 Å². The standard InChI is InChI=1S/C18H15NO3/c20-18(21)15-11-14(16-7-4-10-19-16)8-9-17(15)22-12-13-5-2-1-3-6-13/h1-11,19H,12H2,(H,20,21). The summed E-state index contributed by atoms with van der Waals surface area (Å²) in [4.78, 5) is 14.5. The lowest BCUT2D eigenvalue weighted by Crippen LogP contribution is -2.03. The molecule has 22 heavy (non-hydrogen) atoms. The second kappa shape index (κ2) is 6.18. The Morgan fingerprint density at radius 2 is 1.86 bits per heavy atom. The molecule has 0 spiro atoms. The van der Waals surface area contributed by atoms with Crippen molar-refractivity contribution in [1.82, 2.24) is 4.98 Å². The molecular weight excluding hydrogens is 278 g/mol. The van der Waals surface area contributed by atoms with Gasteiger partial charge in [0.15, 0.2) is 0 Å². The summed E-state index contributed by atoms with van der Waals surface area (Å²) < 4.78 is 5.67. The molecule has 2 N–H and O–H groups in total. The van der Waals surface area contributed by atoms with Crippen LogP contribution in [-0.4, -0.2) is 16.1 Å². The molecule has 0 atom stereocenters. The summed E-state index contributed by atoms with van der Waals surface area (Å²) in [6.45, 7) is 0.336. The summed E-state index contributed by atoms with van der Waals surface area (Å²) >= 11 is 0. The highest BCUT2D eigenvalue weighted by Gasteiger charge is 2.13. The number of carboxylic acids is 1. The van der Waals surface area contributed by atoms with Crippen molar-refractivity contribution in [3.63, 3.8) is 0 Å². The normalized spacial score (nSPS) is 10.4. The fourth-order valence-corrected chi connectivity index (χ4v) is 2.24. The maximum atomic E-state index is 11.5. The number of H-pyrrole nitrogens is 1. The lowest BCUT2D eigenvalue weighted by atomic mass is 10.1. The molecule has 3 aromatic rings. The molecule has 0 radical (unpaired) electrons. The first-order chi connectivity index (χ1) is 10.7. The van der Waals surface area contributed by atoms with E-state index in [0.29, 0.717) is 12.4 Å². The third kappa shape index (κ3) is 3.01. The van der Waals surface area contributed by atoms with E-state index in [1.807, 2.05) is 48.5 Å². The number of nitrogens with one attached hydrogen (secondary N) is 1. The fraction of sp³-hybridized carbons (Fsp3) is 0.0556.